The summed E-state index contributed by atoms with van der Waals surface area (Å²) in [6.07, 6.45) is 2.78. The minimum absolute atomic E-state index is 0.00908. The van der Waals surface area contributed by atoms with Gasteiger partial charge in [0.25, 0.3) is 5.91 Å². The predicted octanol–water partition coefficient (Wildman–Crippen LogP) is 2.98. The molecule has 0 bridgehead atoms. The number of furan rings is 1. The molecule has 0 atom stereocenters. The van der Waals surface area contributed by atoms with Gasteiger partial charge in [-0.1, -0.05) is 11.6 Å². The van der Waals surface area contributed by atoms with Crippen molar-refractivity contribution in [1.29, 1.82) is 0 Å². The molecule has 1 fully saturated rings. The van der Waals surface area contributed by atoms with Gasteiger partial charge in [-0.2, -0.15) is 0 Å². The maximum Gasteiger partial charge on any atom is 0.289 e. The van der Waals surface area contributed by atoms with Gasteiger partial charge in [0, 0.05) is 24.0 Å². The van der Waals surface area contributed by atoms with Crippen LogP contribution < -0.4 is 10.1 Å². The topological polar surface area (TPSA) is 71.8 Å². The molecule has 0 unspecified atom stereocenters. The number of nitrogens with zero attached hydrogens (tertiary/aromatic N) is 1. The molecule has 0 radical (unpaired) electrons. The molecule has 2 aromatic rings. The molecule has 1 aromatic heterocycles. The van der Waals surface area contributed by atoms with Crippen LogP contribution in [-0.4, -0.2) is 43.0 Å². The molecule has 1 saturated heterocycles. The smallest absolute Gasteiger partial charge is 0.289 e. The van der Waals surface area contributed by atoms with Crippen LogP contribution in [0.2, 0.25) is 5.02 Å². The summed E-state index contributed by atoms with van der Waals surface area (Å²) in [7, 11) is 0. The average Bonchev–Trinajstić information content (AvgIpc) is 3.21. The third kappa shape index (κ3) is 4.79. The highest BCUT2D eigenvalue weighted by Crippen LogP contribution is 2.19. The van der Waals surface area contributed by atoms with E-state index >= 15 is 0 Å². The molecule has 3 rings (SSSR count). The van der Waals surface area contributed by atoms with Gasteiger partial charge in [0.05, 0.1) is 12.8 Å². The third-order valence-electron chi connectivity index (χ3n) is 4.37. The first-order valence-corrected chi connectivity index (χ1v) is 9.00. The number of rotatable bonds is 6. The van der Waals surface area contributed by atoms with Crippen molar-refractivity contribution in [3.8, 4) is 5.75 Å². The van der Waals surface area contributed by atoms with E-state index in [4.69, 9.17) is 20.8 Å². The normalized spacial score (nSPS) is 14.9. The largest absolute Gasteiger partial charge is 0.492 e. The number of halogens is 1. The van der Waals surface area contributed by atoms with Crippen LogP contribution in [0.25, 0.3) is 0 Å². The van der Waals surface area contributed by atoms with E-state index in [-0.39, 0.29) is 17.7 Å². The first-order valence-electron chi connectivity index (χ1n) is 8.62. The molecule has 1 N–H and O–H groups in total. The number of carbonyl (C=O) groups is 2. The SMILES string of the molecule is O=C(NCCOc1ccc(Cl)cc1)C1CCN(C(=O)c2ccco2)CC1. The molecular formula is C19H21ClN2O4. The lowest BCUT2D eigenvalue weighted by molar-refractivity contribution is -0.126. The quantitative estimate of drug-likeness (QED) is 0.787. The highest BCUT2D eigenvalue weighted by atomic mass is 35.5. The summed E-state index contributed by atoms with van der Waals surface area (Å²) in [6.45, 7) is 1.94. The fraction of sp³-hybridized carbons (Fsp3) is 0.368. The van der Waals surface area contributed by atoms with Gasteiger partial charge in [-0.05, 0) is 49.2 Å². The van der Waals surface area contributed by atoms with Gasteiger partial charge in [-0.15, -0.1) is 0 Å². The Morgan fingerprint density at radius 1 is 1.19 bits per heavy atom. The molecule has 2 amide bonds. The molecule has 2 heterocycles. The molecule has 6 nitrogen and oxygen atoms in total. The average molecular weight is 377 g/mol. The molecule has 0 saturated carbocycles. The van der Waals surface area contributed by atoms with Crippen LogP contribution in [0.1, 0.15) is 23.4 Å². The van der Waals surface area contributed by atoms with Crippen LogP contribution in [0, 0.1) is 5.92 Å². The van der Waals surface area contributed by atoms with Crippen molar-refractivity contribution in [2.45, 2.75) is 12.8 Å². The third-order valence-corrected chi connectivity index (χ3v) is 4.62. The zero-order chi connectivity index (χ0) is 18.4. The van der Waals surface area contributed by atoms with Crippen LogP contribution in [0.3, 0.4) is 0 Å². The number of hydrogen-bond donors (Lipinski definition) is 1. The summed E-state index contributed by atoms with van der Waals surface area (Å²) < 4.78 is 10.7. The number of amides is 2. The molecule has 1 aromatic carbocycles. The van der Waals surface area contributed by atoms with Crippen molar-refractivity contribution in [2.24, 2.45) is 5.92 Å². The van der Waals surface area contributed by atoms with Gasteiger partial charge < -0.3 is 19.4 Å². The number of nitrogens with one attached hydrogen (secondary N) is 1. The number of piperidine rings is 1. The highest BCUT2D eigenvalue weighted by Gasteiger charge is 2.28. The zero-order valence-corrected chi connectivity index (χ0v) is 15.1. The van der Waals surface area contributed by atoms with Gasteiger partial charge in [0.15, 0.2) is 5.76 Å². The molecular weight excluding hydrogens is 356 g/mol. The Labute approximate surface area is 157 Å². The van der Waals surface area contributed by atoms with E-state index in [0.717, 1.165) is 0 Å². The lowest BCUT2D eigenvalue weighted by atomic mass is 9.96. The molecule has 0 spiro atoms. The van der Waals surface area contributed by atoms with E-state index in [2.05, 4.69) is 5.32 Å². The molecule has 0 aliphatic carbocycles. The Balaban J connectivity index is 1.36. The molecule has 138 valence electrons. The van der Waals surface area contributed by atoms with Gasteiger partial charge in [-0.3, -0.25) is 9.59 Å². The minimum Gasteiger partial charge on any atom is -0.492 e. The summed E-state index contributed by atoms with van der Waals surface area (Å²) in [4.78, 5) is 26.2. The molecule has 1 aliphatic heterocycles. The van der Waals surface area contributed by atoms with Gasteiger partial charge in [0.1, 0.15) is 12.4 Å². The Morgan fingerprint density at radius 2 is 1.92 bits per heavy atom. The van der Waals surface area contributed by atoms with Crippen molar-refractivity contribution in [3.05, 3.63) is 53.4 Å². The summed E-state index contributed by atoms with van der Waals surface area (Å²) in [5.41, 5.74) is 0. The fourth-order valence-electron chi connectivity index (χ4n) is 2.92. The van der Waals surface area contributed by atoms with Crippen molar-refractivity contribution >= 4 is 23.4 Å². The van der Waals surface area contributed by atoms with Crippen LogP contribution in [0.5, 0.6) is 5.75 Å². The molecule has 1 aliphatic rings. The minimum atomic E-state index is -0.120. The summed E-state index contributed by atoms with van der Waals surface area (Å²) in [5.74, 6) is 0.867. The number of ether oxygens (including phenoxy) is 1. The Kier molecular flexibility index (Phi) is 6.17. The predicted molar refractivity (Wildman–Crippen MR) is 97.3 cm³/mol. The standard InChI is InChI=1S/C19H21ClN2O4/c20-15-3-5-16(6-4-15)25-13-9-21-18(23)14-7-10-22(11-8-14)19(24)17-2-1-12-26-17/h1-6,12,14H,7-11,13H2,(H,21,23). The molecule has 7 heteroatoms. The van der Waals surface area contributed by atoms with E-state index in [1.165, 1.54) is 6.26 Å². The van der Waals surface area contributed by atoms with Crippen LogP contribution in [-0.2, 0) is 4.79 Å². The fourth-order valence-corrected chi connectivity index (χ4v) is 3.05. The number of hydrogen-bond acceptors (Lipinski definition) is 4. The second-order valence-electron chi connectivity index (χ2n) is 6.14. The van der Waals surface area contributed by atoms with E-state index < -0.39 is 0 Å². The monoisotopic (exact) mass is 376 g/mol. The number of benzene rings is 1. The van der Waals surface area contributed by atoms with Gasteiger partial charge >= 0.3 is 0 Å². The lowest BCUT2D eigenvalue weighted by Gasteiger charge is -2.30. The zero-order valence-electron chi connectivity index (χ0n) is 14.3. The Morgan fingerprint density at radius 3 is 2.58 bits per heavy atom. The van der Waals surface area contributed by atoms with Crippen molar-refractivity contribution in [3.63, 3.8) is 0 Å². The summed E-state index contributed by atoms with van der Waals surface area (Å²) in [5, 5.41) is 3.55. The number of carbonyl (C=O) groups excluding carboxylic acids is 2. The van der Waals surface area contributed by atoms with Gasteiger partial charge in [0.2, 0.25) is 5.91 Å². The van der Waals surface area contributed by atoms with E-state index in [9.17, 15) is 9.59 Å². The van der Waals surface area contributed by atoms with Crippen molar-refractivity contribution in [2.75, 3.05) is 26.2 Å². The second kappa shape index (κ2) is 8.76. The van der Waals surface area contributed by atoms with E-state index in [0.29, 0.717) is 55.6 Å². The Hall–Kier alpha value is -2.47. The first kappa shape index (κ1) is 18.3. The van der Waals surface area contributed by atoms with Crippen LogP contribution in [0.15, 0.2) is 47.1 Å². The van der Waals surface area contributed by atoms with E-state index in [1.807, 2.05) is 0 Å². The van der Waals surface area contributed by atoms with Crippen LogP contribution >= 0.6 is 11.6 Å². The maximum absolute atomic E-state index is 12.3. The summed E-state index contributed by atoms with van der Waals surface area (Å²) >= 11 is 5.82. The first-order chi connectivity index (χ1) is 12.6. The maximum atomic E-state index is 12.3. The van der Waals surface area contributed by atoms with Crippen molar-refractivity contribution in [1.82, 2.24) is 10.2 Å². The number of likely N-dealkylation sites (tertiary alicyclic amines) is 1. The van der Waals surface area contributed by atoms with Crippen LogP contribution in [0.4, 0.5) is 0 Å². The summed E-state index contributed by atoms with van der Waals surface area (Å²) in [6, 6.07) is 10.4. The van der Waals surface area contributed by atoms with Gasteiger partial charge in [-0.25, -0.2) is 0 Å². The lowest BCUT2D eigenvalue weighted by Crippen LogP contribution is -2.43. The second-order valence-corrected chi connectivity index (χ2v) is 6.57. The highest BCUT2D eigenvalue weighted by molar-refractivity contribution is 6.30. The van der Waals surface area contributed by atoms with E-state index in [1.54, 1.807) is 41.3 Å². The Bertz CT molecular complexity index is 723. The molecule has 26 heavy (non-hydrogen) atoms. The van der Waals surface area contributed by atoms with Crippen molar-refractivity contribution < 1.29 is 18.7 Å².